The van der Waals surface area contributed by atoms with E-state index < -0.39 is 0 Å². The van der Waals surface area contributed by atoms with Gasteiger partial charge in [-0.3, -0.25) is 0 Å². The molecule has 0 aliphatic rings. The maximum atomic E-state index is 6.18. The summed E-state index contributed by atoms with van der Waals surface area (Å²) >= 11 is 6.18. The van der Waals surface area contributed by atoms with Gasteiger partial charge in [0.25, 0.3) is 0 Å². The van der Waals surface area contributed by atoms with Gasteiger partial charge in [-0.25, -0.2) is 4.98 Å². The van der Waals surface area contributed by atoms with E-state index in [-0.39, 0.29) is 5.28 Å². The number of hydrogen-bond acceptors (Lipinski definition) is 3. The topological polar surface area (TPSA) is 38.7 Å². The monoisotopic (exact) mass is 393 g/mol. The van der Waals surface area contributed by atoms with E-state index in [0.29, 0.717) is 11.6 Å². The van der Waals surface area contributed by atoms with Crippen molar-refractivity contribution in [2.24, 2.45) is 0 Å². The predicted octanol–water partition coefficient (Wildman–Crippen LogP) is 6.68. The molecule has 5 aromatic rings. The molecule has 0 aliphatic heterocycles. The van der Waals surface area contributed by atoms with Crippen LogP contribution in [0.25, 0.3) is 44.7 Å². The van der Waals surface area contributed by atoms with E-state index >= 15 is 0 Å². The van der Waals surface area contributed by atoms with Gasteiger partial charge in [-0.1, -0.05) is 97.1 Å². The largest absolute Gasteiger partial charge is 0.226 e. The van der Waals surface area contributed by atoms with Gasteiger partial charge in [0.2, 0.25) is 5.28 Å². The van der Waals surface area contributed by atoms with Crippen LogP contribution in [0.1, 0.15) is 0 Å². The third-order valence-electron chi connectivity index (χ3n) is 4.88. The summed E-state index contributed by atoms with van der Waals surface area (Å²) in [5.74, 6) is 1.13. The van der Waals surface area contributed by atoms with Crippen LogP contribution < -0.4 is 0 Å². The average molecular weight is 394 g/mol. The number of nitrogens with zero attached hydrogens (tertiary/aromatic N) is 3. The third kappa shape index (κ3) is 3.48. The molecule has 4 heteroatoms. The molecule has 0 saturated heterocycles. The molecule has 0 bridgehead atoms. The van der Waals surface area contributed by atoms with Crippen molar-refractivity contribution in [2.75, 3.05) is 0 Å². The van der Waals surface area contributed by atoms with E-state index in [2.05, 4.69) is 69.5 Å². The van der Waals surface area contributed by atoms with Gasteiger partial charge in [0.1, 0.15) is 0 Å². The highest BCUT2D eigenvalue weighted by Crippen LogP contribution is 2.30. The molecule has 1 heterocycles. The smallest absolute Gasteiger partial charge is 0.208 e. The lowest BCUT2D eigenvalue weighted by atomic mass is 9.97. The van der Waals surface area contributed by atoms with E-state index in [1.807, 2.05) is 42.5 Å². The maximum absolute atomic E-state index is 6.18. The van der Waals surface area contributed by atoms with Crippen molar-refractivity contribution >= 4 is 22.4 Å². The zero-order valence-electron chi connectivity index (χ0n) is 15.5. The molecule has 0 saturated carbocycles. The Hall–Kier alpha value is -3.56. The molecule has 0 unspecified atom stereocenters. The number of fused-ring (bicyclic) bond motifs is 1. The average Bonchev–Trinajstić information content (AvgIpc) is 2.79. The molecular formula is C25H16ClN3. The molecule has 0 atom stereocenters. The van der Waals surface area contributed by atoms with Gasteiger partial charge < -0.3 is 0 Å². The standard InChI is InChI=1S/C25H16ClN3/c26-25-28-23(19-8-2-1-3-9-19)27-24(29-25)20-15-13-18(14-16-20)22-12-6-10-17-7-4-5-11-21(17)22/h1-16H. The zero-order chi connectivity index (χ0) is 19.6. The Morgan fingerprint density at radius 3 is 1.83 bits per heavy atom. The fourth-order valence-corrected chi connectivity index (χ4v) is 3.63. The molecule has 0 radical (unpaired) electrons. The first kappa shape index (κ1) is 17.5. The van der Waals surface area contributed by atoms with Crippen LogP contribution in [0.15, 0.2) is 97.1 Å². The van der Waals surface area contributed by atoms with Crippen LogP contribution in [0.3, 0.4) is 0 Å². The summed E-state index contributed by atoms with van der Waals surface area (Å²) in [5, 5.41) is 2.65. The van der Waals surface area contributed by atoms with Gasteiger partial charge >= 0.3 is 0 Å². The van der Waals surface area contributed by atoms with Gasteiger partial charge in [0.15, 0.2) is 11.6 Å². The Labute approximate surface area is 173 Å². The molecule has 0 fully saturated rings. The van der Waals surface area contributed by atoms with Crippen LogP contribution >= 0.6 is 11.6 Å². The quantitative estimate of drug-likeness (QED) is 0.343. The molecule has 1 aromatic heterocycles. The second-order valence-electron chi connectivity index (χ2n) is 6.72. The molecule has 5 rings (SSSR count). The first-order valence-corrected chi connectivity index (χ1v) is 9.71. The van der Waals surface area contributed by atoms with Crippen molar-refractivity contribution in [1.82, 2.24) is 15.0 Å². The van der Waals surface area contributed by atoms with Gasteiger partial charge in [-0.15, -0.1) is 0 Å². The molecule has 0 aliphatic carbocycles. The van der Waals surface area contributed by atoms with E-state index in [4.69, 9.17) is 11.6 Å². The van der Waals surface area contributed by atoms with Crippen molar-refractivity contribution in [2.45, 2.75) is 0 Å². The SMILES string of the molecule is Clc1nc(-c2ccccc2)nc(-c2ccc(-c3cccc4ccccc34)cc2)n1. The van der Waals surface area contributed by atoms with Crippen LogP contribution in [0.5, 0.6) is 0 Å². The van der Waals surface area contributed by atoms with E-state index in [9.17, 15) is 0 Å². The Morgan fingerprint density at radius 1 is 0.483 bits per heavy atom. The van der Waals surface area contributed by atoms with Crippen molar-refractivity contribution in [3.05, 3.63) is 102 Å². The van der Waals surface area contributed by atoms with Crippen LogP contribution in [-0.4, -0.2) is 15.0 Å². The van der Waals surface area contributed by atoms with Gasteiger partial charge in [0.05, 0.1) is 0 Å². The summed E-state index contributed by atoms with van der Waals surface area (Å²) < 4.78 is 0. The van der Waals surface area contributed by atoms with Crippen LogP contribution in [0, 0.1) is 0 Å². The van der Waals surface area contributed by atoms with Crippen LogP contribution in [0.2, 0.25) is 5.28 Å². The van der Waals surface area contributed by atoms with Crippen molar-refractivity contribution in [3.8, 4) is 33.9 Å². The summed E-state index contributed by atoms with van der Waals surface area (Å²) in [6.07, 6.45) is 0. The Bertz CT molecular complexity index is 1290. The molecule has 138 valence electrons. The maximum Gasteiger partial charge on any atom is 0.226 e. The van der Waals surface area contributed by atoms with Gasteiger partial charge in [0, 0.05) is 11.1 Å². The van der Waals surface area contributed by atoms with Gasteiger partial charge in [-0.2, -0.15) is 9.97 Å². The fourth-order valence-electron chi connectivity index (χ4n) is 3.47. The summed E-state index contributed by atoms with van der Waals surface area (Å²) in [6, 6.07) is 32.8. The van der Waals surface area contributed by atoms with Crippen LogP contribution in [-0.2, 0) is 0 Å². The highest BCUT2D eigenvalue weighted by molar-refractivity contribution is 6.28. The minimum atomic E-state index is 0.187. The van der Waals surface area contributed by atoms with E-state index in [0.717, 1.165) is 16.7 Å². The number of rotatable bonds is 3. The first-order chi connectivity index (χ1) is 14.3. The lowest BCUT2D eigenvalue weighted by Crippen LogP contribution is -1.97. The number of halogens is 1. The first-order valence-electron chi connectivity index (χ1n) is 9.33. The minimum Gasteiger partial charge on any atom is -0.208 e. The van der Waals surface area contributed by atoms with E-state index in [1.165, 1.54) is 16.3 Å². The highest BCUT2D eigenvalue weighted by atomic mass is 35.5. The normalized spacial score (nSPS) is 10.9. The molecule has 4 aromatic carbocycles. The zero-order valence-corrected chi connectivity index (χ0v) is 16.2. The molecule has 0 amide bonds. The lowest BCUT2D eigenvalue weighted by molar-refractivity contribution is 1.07. The Morgan fingerprint density at radius 2 is 1.07 bits per heavy atom. The van der Waals surface area contributed by atoms with Crippen molar-refractivity contribution in [1.29, 1.82) is 0 Å². The Balaban J connectivity index is 1.55. The van der Waals surface area contributed by atoms with Crippen molar-refractivity contribution < 1.29 is 0 Å². The highest BCUT2D eigenvalue weighted by Gasteiger charge is 2.10. The molecule has 3 nitrogen and oxygen atoms in total. The fraction of sp³-hybridized carbons (Fsp3) is 0. The molecule has 0 spiro atoms. The van der Waals surface area contributed by atoms with Gasteiger partial charge in [-0.05, 0) is 33.5 Å². The summed E-state index contributed by atoms with van der Waals surface area (Å²) in [5.41, 5.74) is 4.16. The third-order valence-corrected chi connectivity index (χ3v) is 5.05. The predicted molar refractivity (Wildman–Crippen MR) is 119 cm³/mol. The molecule has 29 heavy (non-hydrogen) atoms. The van der Waals surface area contributed by atoms with Crippen molar-refractivity contribution in [3.63, 3.8) is 0 Å². The minimum absolute atomic E-state index is 0.187. The number of hydrogen-bond donors (Lipinski definition) is 0. The number of benzene rings is 4. The Kier molecular flexibility index (Phi) is 4.51. The second-order valence-corrected chi connectivity index (χ2v) is 7.06. The summed E-state index contributed by atoms with van der Waals surface area (Å²) in [6.45, 7) is 0. The second kappa shape index (κ2) is 7.46. The van der Waals surface area contributed by atoms with Crippen LogP contribution in [0.4, 0.5) is 0 Å². The van der Waals surface area contributed by atoms with E-state index in [1.54, 1.807) is 0 Å². The summed E-state index contributed by atoms with van der Waals surface area (Å²) in [4.78, 5) is 13.2. The molecular weight excluding hydrogens is 378 g/mol. The lowest BCUT2D eigenvalue weighted by Gasteiger charge is -2.08. The molecule has 0 N–H and O–H groups in total. The summed E-state index contributed by atoms with van der Waals surface area (Å²) in [7, 11) is 0. The number of aromatic nitrogens is 3.